The van der Waals surface area contributed by atoms with Gasteiger partial charge in [-0.15, -0.1) is 0 Å². The van der Waals surface area contributed by atoms with Crippen LogP contribution in [0.3, 0.4) is 0 Å². The van der Waals surface area contributed by atoms with Crippen molar-refractivity contribution in [2.45, 2.75) is 38.5 Å². The molecular weight excluding hydrogens is 258 g/mol. The summed E-state index contributed by atoms with van der Waals surface area (Å²) in [6, 6.07) is 1.71. The average Bonchev–Trinajstić information content (AvgIpc) is 2.25. The standard InChI is InChI=1S/C12H12F6/c1-3-7(2)8-4-9(11(13,14)15)6-10(5-8)12(16,17)18/h4-7H,3H2,1-2H3/t7-/m0/s1. The van der Waals surface area contributed by atoms with Gasteiger partial charge in [-0.1, -0.05) is 13.8 Å². The molecule has 102 valence electrons. The molecule has 0 N–H and O–H groups in total. The molecule has 0 spiro atoms. The average molecular weight is 270 g/mol. The van der Waals surface area contributed by atoms with Gasteiger partial charge in [-0.05, 0) is 36.1 Å². The zero-order valence-electron chi connectivity index (χ0n) is 9.78. The monoisotopic (exact) mass is 270 g/mol. The molecule has 1 aromatic carbocycles. The van der Waals surface area contributed by atoms with Crippen LogP contribution < -0.4 is 0 Å². The van der Waals surface area contributed by atoms with Crippen LogP contribution in [0.25, 0.3) is 0 Å². The van der Waals surface area contributed by atoms with Gasteiger partial charge in [0.15, 0.2) is 0 Å². The largest absolute Gasteiger partial charge is 0.416 e. The molecule has 18 heavy (non-hydrogen) atoms. The Morgan fingerprint density at radius 3 is 1.56 bits per heavy atom. The van der Waals surface area contributed by atoms with Crippen molar-refractivity contribution < 1.29 is 26.3 Å². The van der Waals surface area contributed by atoms with Crippen molar-refractivity contribution in [1.82, 2.24) is 0 Å². The number of hydrogen-bond acceptors (Lipinski definition) is 0. The molecule has 0 saturated heterocycles. The zero-order valence-corrected chi connectivity index (χ0v) is 9.78. The molecule has 0 aromatic heterocycles. The number of hydrogen-bond donors (Lipinski definition) is 0. The molecule has 0 nitrogen and oxygen atoms in total. The summed E-state index contributed by atoms with van der Waals surface area (Å²) in [6.45, 7) is 3.30. The molecule has 6 heteroatoms. The van der Waals surface area contributed by atoms with E-state index in [-0.39, 0.29) is 17.5 Å². The summed E-state index contributed by atoms with van der Waals surface area (Å²) in [5, 5.41) is 0. The van der Waals surface area contributed by atoms with Crippen molar-refractivity contribution in [3.63, 3.8) is 0 Å². The van der Waals surface area contributed by atoms with E-state index in [9.17, 15) is 26.3 Å². The van der Waals surface area contributed by atoms with Crippen LogP contribution in [0.2, 0.25) is 0 Å². The van der Waals surface area contributed by atoms with Gasteiger partial charge in [0.2, 0.25) is 0 Å². The number of alkyl halides is 6. The van der Waals surface area contributed by atoms with E-state index in [1.807, 2.05) is 0 Å². The van der Waals surface area contributed by atoms with Crippen LogP contribution in [0.5, 0.6) is 0 Å². The molecule has 0 amide bonds. The normalized spacial score (nSPS) is 14.7. The second-order valence-electron chi connectivity index (χ2n) is 4.15. The molecule has 0 radical (unpaired) electrons. The minimum atomic E-state index is -4.77. The maximum absolute atomic E-state index is 12.5. The van der Waals surface area contributed by atoms with Crippen molar-refractivity contribution in [2.75, 3.05) is 0 Å². The van der Waals surface area contributed by atoms with E-state index in [2.05, 4.69) is 0 Å². The van der Waals surface area contributed by atoms with Crippen molar-refractivity contribution in [3.8, 4) is 0 Å². The predicted molar refractivity (Wildman–Crippen MR) is 55.2 cm³/mol. The first kappa shape index (κ1) is 14.9. The molecule has 0 heterocycles. The Bertz CT molecular complexity index is 383. The van der Waals surface area contributed by atoms with E-state index < -0.39 is 23.5 Å². The highest BCUT2D eigenvalue weighted by Crippen LogP contribution is 2.37. The van der Waals surface area contributed by atoms with Crippen LogP contribution in [0.4, 0.5) is 26.3 Å². The third-order valence-corrected chi connectivity index (χ3v) is 2.79. The summed E-state index contributed by atoms with van der Waals surface area (Å²) in [7, 11) is 0. The topological polar surface area (TPSA) is 0 Å². The van der Waals surface area contributed by atoms with E-state index in [0.29, 0.717) is 6.42 Å². The summed E-state index contributed by atoms with van der Waals surface area (Å²) in [4.78, 5) is 0. The van der Waals surface area contributed by atoms with Crippen LogP contribution in [0, 0.1) is 0 Å². The Hall–Kier alpha value is -1.20. The number of rotatable bonds is 2. The van der Waals surface area contributed by atoms with Crippen molar-refractivity contribution in [1.29, 1.82) is 0 Å². The Balaban J connectivity index is 3.39. The summed E-state index contributed by atoms with van der Waals surface area (Å²) in [5.41, 5.74) is -2.46. The fourth-order valence-electron chi connectivity index (χ4n) is 1.50. The molecular formula is C12H12F6. The molecule has 0 aliphatic carbocycles. The maximum Gasteiger partial charge on any atom is 0.416 e. The van der Waals surface area contributed by atoms with Gasteiger partial charge in [-0.25, -0.2) is 0 Å². The van der Waals surface area contributed by atoms with E-state index in [1.54, 1.807) is 13.8 Å². The highest BCUT2D eigenvalue weighted by atomic mass is 19.4. The van der Waals surface area contributed by atoms with Crippen LogP contribution in [-0.2, 0) is 12.4 Å². The summed E-state index contributed by atoms with van der Waals surface area (Å²) < 4.78 is 75.2. The lowest BCUT2D eigenvalue weighted by Crippen LogP contribution is -2.12. The van der Waals surface area contributed by atoms with Gasteiger partial charge in [-0.3, -0.25) is 0 Å². The molecule has 0 unspecified atom stereocenters. The molecule has 0 bridgehead atoms. The Labute approximate surface area is 101 Å². The lowest BCUT2D eigenvalue weighted by Gasteiger charge is -2.16. The molecule has 1 atom stereocenters. The minimum Gasteiger partial charge on any atom is -0.166 e. The molecule has 1 rings (SSSR count). The third kappa shape index (κ3) is 3.40. The molecule has 0 aliphatic rings. The van der Waals surface area contributed by atoms with Crippen LogP contribution >= 0.6 is 0 Å². The quantitative estimate of drug-likeness (QED) is 0.645. The van der Waals surface area contributed by atoms with Crippen LogP contribution in [0.15, 0.2) is 18.2 Å². The van der Waals surface area contributed by atoms with E-state index in [4.69, 9.17) is 0 Å². The first-order valence-corrected chi connectivity index (χ1v) is 5.35. The first-order chi connectivity index (χ1) is 8.05. The van der Waals surface area contributed by atoms with E-state index in [0.717, 1.165) is 12.1 Å². The lowest BCUT2D eigenvalue weighted by atomic mass is 9.94. The van der Waals surface area contributed by atoms with Gasteiger partial charge < -0.3 is 0 Å². The van der Waals surface area contributed by atoms with Crippen molar-refractivity contribution in [2.24, 2.45) is 0 Å². The Kier molecular flexibility index (Phi) is 3.98. The molecule has 0 saturated carbocycles. The zero-order chi connectivity index (χ0) is 14.1. The van der Waals surface area contributed by atoms with Crippen LogP contribution in [-0.4, -0.2) is 0 Å². The SMILES string of the molecule is CC[C@H](C)c1cc(C(F)(F)F)cc(C(F)(F)F)c1. The highest BCUT2D eigenvalue weighted by molar-refractivity contribution is 5.35. The summed E-state index contributed by atoms with van der Waals surface area (Å²) in [6.07, 6.45) is -9.08. The predicted octanol–water partition coefficient (Wildman–Crippen LogP) is 5.24. The fourth-order valence-corrected chi connectivity index (χ4v) is 1.50. The fraction of sp³-hybridized carbons (Fsp3) is 0.500. The summed E-state index contributed by atoms with van der Waals surface area (Å²) >= 11 is 0. The van der Waals surface area contributed by atoms with Crippen molar-refractivity contribution >= 4 is 0 Å². The van der Waals surface area contributed by atoms with E-state index in [1.165, 1.54) is 0 Å². The van der Waals surface area contributed by atoms with E-state index >= 15 is 0 Å². The smallest absolute Gasteiger partial charge is 0.166 e. The molecule has 1 aromatic rings. The number of halogens is 6. The molecule has 0 fully saturated rings. The Morgan fingerprint density at radius 2 is 1.28 bits per heavy atom. The second-order valence-corrected chi connectivity index (χ2v) is 4.15. The van der Waals surface area contributed by atoms with Gasteiger partial charge in [-0.2, -0.15) is 26.3 Å². The third-order valence-electron chi connectivity index (χ3n) is 2.79. The minimum absolute atomic E-state index is 0.0552. The number of benzene rings is 1. The second kappa shape index (κ2) is 4.82. The Morgan fingerprint density at radius 1 is 0.889 bits per heavy atom. The highest BCUT2D eigenvalue weighted by Gasteiger charge is 2.37. The van der Waals surface area contributed by atoms with Gasteiger partial charge >= 0.3 is 12.4 Å². The van der Waals surface area contributed by atoms with Gasteiger partial charge in [0, 0.05) is 0 Å². The summed E-state index contributed by atoms with van der Waals surface area (Å²) in [5.74, 6) is -0.353. The van der Waals surface area contributed by atoms with Crippen molar-refractivity contribution in [3.05, 3.63) is 34.9 Å². The van der Waals surface area contributed by atoms with Gasteiger partial charge in [0.05, 0.1) is 11.1 Å². The maximum atomic E-state index is 12.5. The van der Waals surface area contributed by atoms with Gasteiger partial charge in [0.1, 0.15) is 0 Å². The lowest BCUT2D eigenvalue weighted by molar-refractivity contribution is -0.143. The van der Waals surface area contributed by atoms with Crippen LogP contribution in [0.1, 0.15) is 42.9 Å². The molecule has 0 aliphatic heterocycles. The van der Waals surface area contributed by atoms with Gasteiger partial charge in [0.25, 0.3) is 0 Å². The first-order valence-electron chi connectivity index (χ1n) is 5.35.